The van der Waals surface area contributed by atoms with E-state index in [1.807, 2.05) is 0 Å². The highest BCUT2D eigenvalue weighted by molar-refractivity contribution is 9.11. The van der Waals surface area contributed by atoms with Crippen molar-refractivity contribution in [3.05, 3.63) is 20.8 Å². The van der Waals surface area contributed by atoms with E-state index in [1.54, 1.807) is 11.3 Å². The minimum absolute atomic E-state index is 0.569. The van der Waals surface area contributed by atoms with E-state index in [4.69, 9.17) is 18.0 Å². The van der Waals surface area contributed by atoms with Crippen LogP contribution in [0.3, 0.4) is 0 Å². The summed E-state index contributed by atoms with van der Waals surface area (Å²) in [5, 5.41) is 0. The Hall–Kier alpha value is 0.0300. The monoisotopic (exact) mass is 306 g/mol. The molecule has 0 bridgehead atoms. The molecule has 2 N–H and O–H groups in total. The minimum Gasteiger partial charge on any atom is -0.392 e. The van der Waals surface area contributed by atoms with Gasteiger partial charge in [0.15, 0.2) is 0 Å². The lowest BCUT2D eigenvalue weighted by Crippen LogP contribution is -2.32. The largest absolute Gasteiger partial charge is 0.392 e. The molecule has 0 amide bonds. The number of nitrogens with zero attached hydrogens (tertiary/aromatic N) is 1. The van der Waals surface area contributed by atoms with Gasteiger partial charge in [0, 0.05) is 18.0 Å². The van der Waals surface area contributed by atoms with Crippen molar-refractivity contribution < 1.29 is 0 Å². The highest BCUT2D eigenvalue weighted by Gasteiger charge is 2.07. The molecular weight excluding hydrogens is 292 g/mol. The average Bonchev–Trinajstić information content (AvgIpc) is 2.50. The number of rotatable bonds is 6. The van der Waals surface area contributed by atoms with Crippen LogP contribution in [0.15, 0.2) is 15.9 Å². The Balaban J connectivity index is 2.53. The van der Waals surface area contributed by atoms with Crippen molar-refractivity contribution in [2.45, 2.75) is 19.9 Å². The zero-order valence-corrected chi connectivity index (χ0v) is 11.9. The third-order valence-corrected chi connectivity index (χ3v) is 3.67. The second-order valence-corrected chi connectivity index (χ2v) is 6.45. The molecule has 0 saturated heterocycles. The summed E-state index contributed by atoms with van der Waals surface area (Å²) >= 11 is 10.2. The first kappa shape index (κ1) is 13.1. The van der Waals surface area contributed by atoms with Gasteiger partial charge in [-0.15, -0.1) is 11.3 Å². The van der Waals surface area contributed by atoms with Crippen molar-refractivity contribution in [3.8, 4) is 0 Å². The van der Waals surface area contributed by atoms with E-state index in [2.05, 4.69) is 39.9 Å². The Morgan fingerprint density at radius 1 is 1.60 bits per heavy atom. The quantitative estimate of drug-likeness (QED) is 0.819. The lowest BCUT2D eigenvalue weighted by atomic mass is 10.3. The van der Waals surface area contributed by atoms with Crippen LogP contribution in [-0.2, 0) is 6.54 Å². The number of hydrogen-bond donors (Lipinski definition) is 1. The average molecular weight is 307 g/mol. The molecule has 0 fully saturated rings. The van der Waals surface area contributed by atoms with Gasteiger partial charge in [-0.1, -0.05) is 19.1 Å². The highest BCUT2D eigenvalue weighted by atomic mass is 79.9. The molecule has 1 aromatic rings. The lowest BCUT2D eigenvalue weighted by Gasteiger charge is -2.19. The maximum absolute atomic E-state index is 5.57. The fraction of sp³-hybridized carbons (Fsp3) is 0.500. The number of halogens is 1. The molecule has 0 spiro atoms. The maximum atomic E-state index is 5.57. The van der Waals surface area contributed by atoms with E-state index in [9.17, 15) is 0 Å². The zero-order chi connectivity index (χ0) is 11.3. The fourth-order valence-electron chi connectivity index (χ4n) is 1.41. The van der Waals surface area contributed by atoms with Crippen LogP contribution in [0.5, 0.6) is 0 Å². The molecule has 5 heteroatoms. The van der Waals surface area contributed by atoms with E-state index >= 15 is 0 Å². The molecule has 0 aromatic carbocycles. The van der Waals surface area contributed by atoms with Gasteiger partial charge in [-0.3, -0.25) is 4.90 Å². The van der Waals surface area contributed by atoms with Crippen LogP contribution in [0.25, 0.3) is 0 Å². The predicted molar refractivity (Wildman–Crippen MR) is 74.4 cm³/mol. The Morgan fingerprint density at radius 3 is 2.80 bits per heavy atom. The summed E-state index contributed by atoms with van der Waals surface area (Å²) in [7, 11) is 0. The zero-order valence-electron chi connectivity index (χ0n) is 8.70. The molecule has 1 rings (SSSR count). The van der Waals surface area contributed by atoms with Gasteiger partial charge in [-0.2, -0.15) is 0 Å². The summed E-state index contributed by atoms with van der Waals surface area (Å²) in [6, 6.07) is 4.21. The van der Waals surface area contributed by atoms with Crippen molar-refractivity contribution in [1.29, 1.82) is 0 Å². The van der Waals surface area contributed by atoms with Crippen LogP contribution in [0.2, 0.25) is 0 Å². The summed E-state index contributed by atoms with van der Waals surface area (Å²) in [5.41, 5.74) is 5.57. The molecule has 1 aromatic heterocycles. The number of nitrogens with two attached hydrogens (primary N) is 1. The van der Waals surface area contributed by atoms with Gasteiger partial charge in [0.1, 0.15) is 0 Å². The molecule has 15 heavy (non-hydrogen) atoms. The molecule has 0 atom stereocenters. The van der Waals surface area contributed by atoms with Gasteiger partial charge in [0.2, 0.25) is 0 Å². The first-order valence-corrected chi connectivity index (χ1v) is 6.88. The van der Waals surface area contributed by atoms with Crippen LogP contribution in [0.4, 0.5) is 0 Å². The summed E-state index contributed by atoms with van der Waals surface area (Å²) < 4.78 is 1.17. The van der Waals surface area contributed by atoms with E-state index in [1.165, 1.54) is 8.66 Å². The van der Waals surface area contributed by atoms with Crippen LogP contribution < -0.4 is 5.73 Å². The number of hydrogen-bond acceptors (Lipinski definition) is 3. The normalized spacial score (nSPS) is 10.9. The molecule has 0 aliphatic carbocycles. The third-order valence-electron chi connectivity index (χ3n) is 1.93. The molecule has 0 radical (unpaired) electrons. The molecule has 0 saturated carbocycles. The third kappa shape index (κ3) is 5.06. The van der Waals surface area contributed by atoms with Crippen molar-refractivity contribution in [3.63, 3.8) is 0 Å². The molecule has 0 aliphatic heterocycles. The molecule has 2 nitrogen and oxygen atoms in total. The van der Waals surface area contributed by atoms with Gasteiger partial charge in [-0.05, 0) is 41.0 Å². The summed E-state index contributed by atoms with van der Waals surface area (Å²) in [6.07, 6.45) is 1.12. The van der Waals surface area contributed by atoms with Gasteiger partial charge in [-0.25, -0.2) is 0 Å². The molecule has 84 valence electrons. The summed E-state index contributed by atoms with van der Waals surface area (Å²) in [6.45, 7) is 4.84. The van der Waals surface area contributed by atoms with Gasteiger partial charge < -0.3 is 5.73 Å². The molecular formula is C10H15BrN2S2. The first-order chi connectivity index (χ1) is 7.11. The van der Waals surface area contributed by atoms with Crippen LogP contribution in [-0.4, -0.2) is 23.0 Å². The lowest BCUT2D eigenvalue weighted by molar-refractivity contribution is 0.307. The standard InChI is InChI=1S/C10H15BrN2S2/c1-2-5-13(7-10(12)14)6-8-3-4-9(11)15-8/h3-4H,2,5-7H2,1H3,(H2,12,14). The predicted octanol–water partition coefficient (Wildman–Crippen LogP) is 3.01. The van der Waals surface area contributed by atoms with E-state index in [0.29, 0.717) is 11.5 Å². The van der Waals surface area contributed by atoms with E-state index in [0.717, 1.165) is 19.5 Å². The Morgan fingerprint density at radius 2 is 2.33 bits per heavy atom. The topological polar surface area (TPSA) is 29.3 Å². The van der Waals surface area contributed by atoms with Crippen LogP contribution in [0, 0.1) is 0 Å². The van der Waals surface area contributed by atoms with Gasteiger partial charge in [0.25, 0.3) is 0 Å². The van der Waals surface area contributed by atoms with E-state index < -0.39 is 0 Å². The summed E-state index contributed by atoms with van der Waals surface area (Å²) in [4.78, 5) is 4.19. The number of thiocarbonyl (C=S) groups is 1. The molecule has 0 aliphatic rings. The highest BCUT2D eigenvalue weighted by Crippen LogP contribution is 2.23. The SMILES string of the molecule is CCCN(CC(N)=S)Cc1ccc(Br)s1. The van der Waals surface area contributed by atoms with Crippen LogP contribution >= 0.6 is 39.5 Å². The molecule has 1 heterocycles. The van der Waals surface area contributed by atoms with Crippen molar-refractivity contribution in [2.24, 2.45) is 5.73 Å². The van der Waals surface area contributed by atoms with Gasteiger partial charge in [0.05, 0.1) is 8.77 Å². The Bertz CT molecular complexity index is 325. The Kier molecular flexibility index (Phi) is 5.74. The number of thiophene rings is 1. The second-order valence-electron chi connectivity index (χ2n) is 3.38. The second kappa shape index (κ2) is 6.58. The fourth-order valence-corrected chi connectivity index (χ4v) is 3.12. The van der Waals surface area contributed by atoms with Crippen molar-refractivity contribution >= 4 is 44.5 Å². The minimum atomic E-state index is 0.569. The van der Waals surface area contributed by atoms with Gasteiger partial charge >= 0.3 is 0 Å². The maximum Gasteiger partial charge on any atom is 0.0870 e. The smallest absolute Gasteiger partial charge is 0.0870 e. The van der Waals surface area contributed by atoms with E-state index in [-0.39, 0.29) is 0 Å². The van der Waals surface area contributed by atoms with Crippen molar-refractivity contribution in [2.75, 3.05) is 13.1 Å². The van der Waals surface area contributed by atoms with Crippen molar-refractivity contribution in [1.82, 2.24) is 4.90 Å². The van der Waals surface area contributed by atoms with Crippen LogP contribution in [0.1, 0.15) is 18.2 Å². The summed E-state index contributed by atoms with van der Waals surface area (Å²) in [5.74, 6) is 0. The first-order valence-electron chi connectivity index (χ1n) is 4.86. The molecule has 0 unspecified atom stereocenters. The Labute approximate surface area is 109 Å².